The van der Waals surface area contributed by atoms with Crippen molar-refractivity contribution in [3.63, 3.8) is 0 Å². The van der Waals surface area contributed by atoms with Gasteiger partial charge >= 0.3 is 0 Å². The molecule has 0 spiro atoms. The molecule has 2 aliphatic rings. The van der Waals surface area contributed by atoms with Crippen LogP contribution < -0.4 is 5.32 Å². The second kappa shape index (κ2) is 4.62. The summed E-state index contributed by atoms with van der Waals surface area (Å²) >= 11 is 6.14. The molecule has 1 saturated heterocycles. The van der Waals surface area contributed by atoms with Crippen molar-refractivity contribution in [2.45, 2.75) is 38.4 Å². The lowest BCUT2D eigenvalue weighted by Crippen LogP contribution is -2.21. The largest absolute Gasteiger partial charge is 0.367 e. The van der Waals surface area contributed by atoms with E-state index in [-0.39, 0.29) is 17.8 Å². The summed E-state index contributed by atoms with van der Waals surface area (Å²) in [6.07, 6.45) is 1.62. The number of hydrogen-bond donors (Lipinski definition) is 1. The minimum atomic E-state index is -0.407. The van der Waals surface area contributed by atoms with E-state index in [0.717, 1.165) is 18.4 Å². The normalized spacial score (nSPS) is 25.3. The average Bonchev–Trinajstić information content (AvgIpc) is 2.92. The minimum absolute atomic E-state index is 0.0681. The third kappa shape index (κ3) is 2.26. The monoisotopic (exact) mass is 279 g/mol. The van der Waals surface area contributed by atoms with Gasteiger partial charge < -0.3 is 10.1 Å². The Bertz CT molecular complexity index is 570. The first-order valence-electron chi connectivity index (χ1n) is 6.36. The van der Waals surface area contributed by atoms with Crippen LogP contribution in [0.5, 0.6) is 0 Å². The van der Waals surface area contributed by atoms with Gasteiger partial charge in [-0.15, -0.1) is 0 Å². The van der Waals surface area contributed by atoms with Crippen molar-refractivity contribution in [1.82, 2.24) is 0 Å². The number of hydrogen-bond acceptors (Lipinski definition) is 3. The van der Waals surface area contributed by atoms with Crippen molar-refractivity contribution in [2.75, 3.05) is 5.32 Å². The van der Waals surface area contributed by atoms with E-state index < -0.39 is 6.10 Å². The molecule has 1 amide bonds. The van der Waals surface area contributed by atoms with Crippen LogP contribution in [0.3, 0.4) is 0 Å². The smallest absolute Gasteiger partial charge is 0.228 e. The summed E-state index contributed by atoms with van der Waals surface area (Å²) in [5.41, 5.74) is 1.98. The molecule has 0 aromatic heterocycles. The van der Waals surface area contributed by atoms with Crippen LogP contribution in [0.1, 0.15) is 35.7 Å². The summed E-state index contributed by atoms with van der Waals surface area (Å²) in [7, 11) is 0. The SMILES string of the molecule is CC1CCC(C(=O)c2cc3c(cc2Cl)NC(=O)C3)O1. The van der Waals surface area contributed by atoms with Gasteiger partial charge in [-0.3, -0.25) is 9.59 Å². The molecule has 1 fully saturated rings. The zero-order chi connectivity index (χ0) is 13.6. The van der Waals surface area contributed by atoms with Crippen LogP contribution in [-0.2, 0) is 16.0 Å². The fourth-order valence-electron chi connectivity index (χ4n) is 2.61. The molecule has 1 aromatic carbocycles. The number of ketones is 1. The lowest BCUT2D eigenvalue weighted by Gasteiger charge is -2.12. The van der Waals surface area contributed by atoms with E-state index in [1.165, 1.54) is 0 Å². The predicted octanol–water partition coefficient (Wildman–Crippen LogP) is 2.58. The number of ether oxygens (including phenoxy) is 1. The Labute approximate surface area is 116 Å². The standard InChI is InChI=1S/C14H14ClNO3/c1-7-2-3-12(19-7)14(18)9-4-8-5-13(17)16-11(8)6-10(9)15/h4,6-7,12H,2-3,5H2,1H3,(H,16,17). The Hall–Kier alpha value is -1.39. The third-order valence-corrected chi connectivity index (χ3v) is 3.92. The second-order valence-corrected chi connectivity index (χ2v) is 5.50. The Balaban J connectivity index is 1.91. The maximum Gasteiger partial charge on any atom is 0.228 e. The number of carbonyl (C=O) groups excluding carboxylic acids is 2. The van der Waals surface area contributed by atoms with Gasteiger partial charge in [0.1, 0.15) is 6.10 Å². The second-order valence-electron chi connectivity index (χ2n) is 5.09. The molecule has 5 heteroatoms. The van der Waals surface area contributed by atoms with Crippen molar-refractivity contribution in [1.29, 1.82) is 0 Å². The summed E-state index contributed by atoms with van der Waals surface area (Å²) in [6.45, 7) is 1.96. The predicted molar refractivity (Wildman–Crippen MR) is 71.7 cm³/mol. The number of anilines is 1. The number of Topliss-reactive ketones (excluding diaryl/α,β-unsaturated/α-hetero) is 1. The fraction of sp³-hybridized carbons (Fsp3) is 0.429. The third-order valence-electron chi connectivity index (χ3n) is 3.61. The Kier molecular flexibility index (Phi) is 3.07. The van der Waals surface area contributed by atoms with Gasteiger partial charge in [-0.1, -0.05) is 11.6 Å². The molecule has 1 N–H and O–H groups in total. The summed E-state index contributed by atoms with van der Waals surface area (Å²) < 4.78 is 5.58. The zero-order valence-corrected chi connectivity index (χ0v) is 11.3. The maximum atomic E-state index is 12.4. The van der Waals surface area contributed by atoms with Crippen LogP contribution in [0, 0.1) is 0 Å². The van der Waals surface area contributed by atoms with Gasteiger partial charge in [-0.05, 0) is 37.5 Å². The molecule has 100 valence electrons. The number of nitrogens with one attached hydrogen (secondary N) is 1. The van der Waals surface area contributed by atoms with Gasteiger partial charge in [0.15, 0.2) is 5.78 Å². The number of amides is 1. The van der Waals surface area contributed by atoms with E-state index in [2.05, 4.69) is 5.32 Å². The van der Waals surface area contributed by atoms with Crippen LogP contribution >= 0.6 is 11.6 Å². The summed E-state index contributed by atoms with van der Waals surface area (Å²) in [5, 5.41) is 3.08. The topological polar surface area (TPSA) is 55.4 Å². The van der Waals surface area contributed by atoms with Crippen molar-refractivity contribution in [2.24, 2.45) is 0 Å². The van der Waals surface area contributed by atoms with Crippen LogP contribution in [0.25, 0.3) is 0 Å². The molecule has 0 radical (unpaired) electrons. The average molecular weight is 280 g/mol. The molecule has 1 aromatic rings. The van der Waals surface area contributed by atoms with Gasteiger partial charge in [-0.2, -0.15) is 0 Å². The van der Waals surface area contributed by atoms with Crippen molar-refractivity contribution >= 4 is 29.0 Å². The Morgan fingerprint density at radius 1 is 1.42 bits per heavy atom. The number of benzene rings is 1. The summed E-state index contributed by atoms with van der Waals surface area (Å²) in [6, 6.07) is 3.36. The van der Waals surface area contributed by atoms with E-state index in [9.17, 15) is 9.59 Å². The van der Waals surface area contributed by atoms with Crippen LogP contribution in [0.15, 0.2) is 12.1 Å². The van der Waals surface area contributed by atoms with Gasteiger partial charge in [-0.25, -0.2) is 0 Å². The van der Waals surface area contributed by atoms with Gasteiger partial charge in [0.05, 0.1) is 17.5 Å². The molecule has 4 nitrogen and oxygen atoms in total. The van der Waals surface area contributed by atoms with E-state index >= 15 is 0 Å². The highest BCUT2D eigenvalue weighted by molar-refractivity contribution is 6.34. The van der Waals surface area contributed by atoms with E-state index in [1.54, 1.807) is 12.1 Å². The molecule has 2 aliphatic heterocycles. The summed E-state index contributed by atoms with van der Waals surface area (Å²) in [4.78, 5) is 23.7. The number of rotatable bonds is 2. The number of halogens is 1. The lowest BCUT2D eigenvalue weighted by atomic mass is 10.0. The molecule has 2 unspecified atom stereocenters. The van der Waals surface area contributed by atoms with Crippen LogP contribution in [-0.4, -0.2) is 23.9 Å². The molecular weight excluding hydrogens is 266 g/mol. The lowest BCUT2D eigenvalue weighted by molar-refractivity contribution is -0.115. The first-order chi connectivity index (χ1) is 9.04. The molecule has 0 aliphatic carbocycles. The molecule has 3 rings (SSSR count). The zero-order valence-electron chi connectivity index (χ0n) is 10.5. The van der Waals surface area contributed by atoms with Crippen molar-refractivity contribution < 1.29 is 14.3 Å². The van der Waals surface area contributed by atoms with Crippen LogP contribution in [0.4, 0.5) is 5.69 Å². The van der Waals surface area contributed by atoms with E-state index in [1.807, 2.05) is 6.92 Å². The quantitative estimate of drug-likeness (QED) is 0.847. The van der Waals surface area contributed by atoms with Crippen molar-refractivity contribution in [3.05, 3.63) is 28.3 Å². The van der Waals surface area contributed by atoms with Crippen LogP contribution in [0.2, 0.25) is 5.02 Å². The highest BCUT2D eigenvalue weighted by Gasteiger charge is 2.31. The highest BCUT2D eigenvalue weighted by atomic mass is 35.5. The van der Waals surface area contributed by atoms with Gasteiger partial charge in [0.2, 0.25) is 5.91 Å². The van der Waals surface area contributed by atoms with Crippen molar-refractivity contribution in [3.8, 4) is 0 Å². The number of carbonyl (C=O) groups is 2. The van der Waals surface area contributed by atoms with Gasteiger partial charge in [0, 0.05) is 11.3 Å². The maximum absolute atomic E-state index is 12.4. The first-order valence-corrected chi connectivity index (χ1v) is 6.74. The molecule has 19 heavy (non-hydrogen) atoms. The first kappa shape index (κ1) is 12.6. The highest BCUT2D eigenvalue weighted by Crippen LogP contribution is 2.32. The van der Waals surface area contributed by atoms with E-state index in [0.29, 0.717) is 22.7 Å². The Morgan fingerprint density at radius 2 is 2.21 bits per heavy atom. The van der Waals surface area contributed by atoms with Gasteiger partial charge in [0.25, 0.3) is 0 Å². The molecule has 0 saturated carbocycles. The summed E-state index contributed by atoms with van der Waals surface area (Å²) in [5.74, 6) is -0.155. The molecule has 2 atom stereocenters. The minimum Gasteiger partial charge on any atom is -0.367 e. The van der Waals surface area contributed by atoms with E-state index in [4.69, 9.17) is 16.3 Å². The molecule has 2 heterocycles. The number of fused-ring (bicyclic) bond motifs is 1. The Morgan fingerprint density at radius 3 is 2.89 bits per heavy atom. The molecular formula is C14H14ClNO3. The molecule has 0 bridgehead atoms. The fourth-order valence-corrected chi connectivity index (χ4v) is 2.86.